The SMILES string of the molecule is C=C/C=C1/CS(=O)OC/C1=C/C. The van der Waals surface area contributed by atoms with Gasteiger partial charge in [-0.15, -0.1) is 0 Å². The highest BCUT2D eigenvalue weighted by atomic mass is 32.2. The fourth-order valence-corrected chi connectivity index (χ4v) is 1.93. The first-order valence-corrected chi connectivity index (χ1v) is 5.01. The van der Waals surface area contributed by atoms with Crippen molar-refractivity contribution in [3.63, 3.8) is 0 Å². The molecule has 0 amide bonds. The molecule has 12 heavy (non-hydrogen) atoms. The Morgan fingerprint density at radius 2 is 2.33 bits per heavy atom. The third-order valence-corrected chi connectivity index (χ3v) is 2.63. The van der Waals surface area contributed by atoms with Crippen LogP contribution in [0.2, 0.25) is 0 Å². The van der Waals surface area contributed by atoms with Crippen molar-refractivity contribution in [1.82, 2.24) is 0 Å². The molecule has 1 fully saturated rings. The van der Waals surface area contributed by atoms with Crippen LogP contribution in [0, 0.1) is 0 Å². The Kier molecular flexibility index (Phi) is 3.44. The zero-order valence-corrected chi connectivity index (χ0v) is 7.89. The molecule has 1 saturated heterocycles. The van der Waals surface area contributed by atoms with Gasteiger partial charge in [-0.05, 0) is 18.1 Å². The molecule has 1 unspecified atom stereocenters. The first-order valence-electron chi connectivity index (χ1n) is 3.76. The molecule has 66 valence electrons. The van der Waals surface area contributed by atoms with Gasteiger partial charge >= 0.3 is 0 Å². The predicted molar refractivity (Wildman–Crippen MR) is 51.0 cm³/mol. The number of rotatable bonds is 1. The molecule has 1 heterocycles. The third-order valence-electron chi connectivity index (χ3n) is 1.70. The van der Waals surface area contributed by atoms with Crippen LogP contribution in [0.4, 0.5) is 0 Å². The smallest absolute Gasteiger partial charge is 0.160 e. The van der Waals surface area contributed by atoms with Crippen LogP contribution in [0.15, 0.2) is 36.0 Å². The minimum atomic E-state index is -1.15. The Morgan fingerprint density at radius 3 is 2.92 bits per heavy atom. The van der Waals surface area contributed by atoms with Crippen LogP contribution in [-0.2, 0) is 15.3 Å². The van der Waals surface area contributed by atoms with Crippen molar-refractivity contribution in [2.24, 2.45) is 0 Å². The monoisotopic (exact) mass is 184 g/mol. The van der Waals surface area contributed by atoms with Crippen LogP contribution in [0.25, 0.3) is 0 Å². The quantitative estimate of drug-likeness (QED) is 0.620. The minimum absolute atomic E-state index is 0.447. The summed E-state index contributed by atoms with van der Waals surface area (Å²) in [5, 5.41) is 0. The first kappa shape index (κ1) is 9.42. The fraction of sp³-hybridized carbons (Fsp3) is 0.333. The van der Waals surface area contributed by atoms with Gasteiger partial charge < -0.3 is 0 Å². The van der Waals surface area contributed by atoms with E-state index in [-0.39, 0.29) is 0 Å². The van der Waals surface area contributed by atoms with Crippen molar-refractivity contribution in [2.45, 2.75) is 6.92 Å². The molecule has 0 N–H and O–H groups in total. The van der Waals surface area contributed by atoms with Gasteiger partial charge in [0.05, 0.1) is 12.4 Å². The molecule has 0 aromatic carbocycles. The maximum atomic E-state index is 11.0. The molecule has 0 spiro atoms. The molecule has 2 nitrogen and oxygen atoms in total. The van der Waals surface area contributed by atoms with E-state index in [0.29, 0.717) is 12.4 Å². The van der Waals surface area contributed by atoms with Gasteiger partial charge in [0, 0.05) is 0 Å². The van der Waals surface area contributed by atoms with Crippen molar-refractivity contribution < 1.29 is 8.39 Å². The van der Waals surface area contributed by atoms with Gasteiger partial charge in [0.2, 0.25) is 0 Å². The Morgan fingerprint density at radius 1 is 1.58 bits per heavy atom. The second-order valence-electron chi connectivity index (χ2n) is 2.45. The van der Waals surface area contributed by atoms with Crippen molar-refractivity contribution >= 4 is 11.1 Å². The van der Waals surface area contributed by atoms with Crippen LogP contribution < -0.4 is 0 Å². The largest absolute Gasteiger partial charge is 0.285 e. The third kappa shape index (κ3) is 2.16. The lowest BCUT2D eigenvalue weighted by Gasteiger charge is -2.16. The van der Waals surface area contributed by atoms with E-state index in [1.165, 1.54) is 0 Å². The van der Waals surface area contributed by atoms with E-state index >= 15 is 0 Å². The van der Waals surface area contributed by atoms with Crippen LogP contribution >= 0.6 is 0 Å². The van der Waals surface area contributed by atoms with E-state index in [0.717, 1.165) is 11.1 Å². The van der Waals surface area contributed by atoms with Crippen LogP contribution in [-0.4, -0.2) is 16.6 Å². The van der Waals surface area contributed by atoms with E-state index in [1.54, 1.807) is 6.08 Å². The van der Waals surface area contributed by atoms with Gasteiger partial charge in [0.15, 0.2) is 11.1 Å². The van der Waals surface area contributed by atoms with Crippen LogP contribution in [0.3, 0.4) is 0 Å². The average Bonchev–Trinajstić information content (AvgIpc) is 2.05. The van der Waals surface area contributed by atoms with Crippen LogP contribution in [0.1, 0.15) is 6.92 Å². The number of hydrogen-bond acceptors (Lipinski definition) is 2. The highest BCUT2D eigenvalue weighted by Gasteiger charge is 2.15. The fourth-order valence-electron chi connectivity index (χ4n) is 1.05. The summed E-state index contributed by atoms with van der Waals surface area (Å²) in [6, 6.07) is 0. The Labute approximate surface area is 75.3 Å². The van der Waals surface area contributed by atoms with Gasteiger partial charge in [-0.2, -0.15) is 0 Å². The summed E-state index contributed by atoms with van der Waals surface area (Å²) in [5.74, 6) is 0.478. The number of hydrogen-bond donors (Lipinski definition) is 0. The summed E-state index contributed by atoms with van der Waals surface area (Å²) in [4.78, 5) is 0. The highest BCUT2D eigenvalue weighted by Crippen LogP contribution is 2.18. The topological polar surface area (TPSA) is 26.3 Å². The Bertz CT molecular complexity index is 264. The summed E-state index contributed by atoms with van der Waals surface area (Å²) < 4.78 is 16.0. The lowest BCUT2D eigenvalue weighted by molar-refractivity contribution is 0.378. The lowest BCUT2D eigenvalue weighted by atomic mass is 10.1. The molecule has 0 aromatic heterocycles. The van der Waals surface area contributed by atoms with Crippen molar-refractivity contribution in [3.05, 3.63) is 36.0 Å². The van der Waals surface area contributed by atoms with Gasteiger partial charge in [0.1, 0.15) is 0 Å². The first-order chi connectivity index (χ1) is 5.77. The maximum absolute atomic E-state index is 11.0. The molecule has 0 radical (unpaired) electrons. The summed E-state index contributed by atoms with van der Waals surface area (Å²) in [6.45, 7) is 6.00. The zero-order chi connectivity index (χ0) is 8.97. The van der Waals surface area contributed by atoms with E-state index in [9.17, 15) is 4.21 Å². The number of allylic oxidation sites excluding steroid dienone is 3. The van der Waals surface area contributed by atoms with E-state index < -0.39 is 11.1 Å². The molecule has 0 saturated carbocycles. The summed E-state index contributed by atoms with van der Waals surface area (Å²) in [5.41, 5.74) is 2.17. The molecule has 0 aromatic rings. The second-order valence-corrected chi connectivity index (χ2v) is 3.58. The molecular weight excluding hydrogens is 172 g/mol. The average molecular weight is 184 g/mol. The molecule has 3 heteroatoms. The van der Waals surface area contributed by atoms with Crippen molar-refractivity contribution in [2.75, 3.05) is 12.4 Å². The van der Waals surface area contributed by atoms with E-state index in [2.05, 4.69) is 6.58 Å². The molecule has 0 aliphatic carbocycles. The normalized spacial score (nSPS) is 30.9. The highest BCUT2D eigenvalue weighted by molar-refractivity contribution is 7.80. The molecular formula is C9H12O2S. The van der Waals surface area contributed by atoms with Crippen molar-refractivity contribution in [1.29, 1.82) is 0 Å². The van der Waals surface area contributed by atoms with Gasteiger partial charge in [-0.1, -0.05) is 24.8 Å². The predicted octanol–water partition coefficient (Wildman–Crippen LogP) is 1.74. The summed E-state index contributed by atoms with van der Waals surface area (Å²) in [6.07, 6.45) is 5.57. The Hall–Kier alpha value is -0.670. The molecule has 0 bridgehead atoms. The standard InChI is InChI=1S/C9H12O2S/c1-3-5-9-7-12(10)11-6-8(9)4-2/h3-5H,1,6-7H2,2H3/b8-4-,9-5-. The summed E-state index contributed by atoms with van der Waals surface area (Å²) >= 11 is -1.15. The van der Waals surface area contributed by atoms with E-state index in [4.69, 9.17) is 4.18 Å². The van der Waals surface area contributed by atoms with Crippen molar-refractivity contribution in [3.8, 4) is 0 Å². The zero-order valence-electron chi connectivity index (χ0n) is 7.08. The Balaban J connectivity index is 2.85. The van der Waals surface area contributed by atoms with Gasteiger partial charge in [0.25, 0.3) is 0 Å². The lowest BCUT2D eigenvalue weighted by Crippen LogP contribution is -2.16. The molecule has 1 aliphatic rings. The van der Waals surface area contributed by atoms with Crippen LogP contribution in [0.5, 0.6) is 0 Å². The minimum Gasteiger partial charge on any atom is -0.285 e. The van der Waals surface area contributed by atoms with Gasteiger partial charge in [-0.3, -0.25) is 4.18 Å². The second kappa shape index (κ2) is 4.38. The maximum Gasteiger partial charge on any atom is 0.160 e. The van der Waals surface area contributed by atoms with E-state index in [1.807, 2.05) is 19.1 Å². The molecule has 1 atom stereocenters. The molecule has 1 rings (SSSR count). The summed E-state index contributed by atoms with van der Waals surface area (Å²) in [7, 11) is 0. The molecule has 1 aliphatic heterocycles. The van der Waals surface area contributed by atoms with Gasteiger partial charge in [-0.25, -0.2) is 4.21 Å².